The van der Waals surface area contributed by atoms with Crippen LogP contribution in [0.5, 0.6) is 0 Å². The number of benzene rings is 2. The summed E-state index contributed by atoms with van der Waals surface area (Å²) in [5, 5.41) is 1.88. The van der Waals surface area contributed by atoms with Gasteiger partial charge in [-0.15, -0.1) is 0 Å². The molecule has 2 aromatic carbocycles. The molecule has 1 fully saturated rings. The Bertz CT molecular complexity index is 1040. The van der Waals surface area contributed by atoms with Gasteiger partial charge >= 0.3 is 12.1 Å². The summed E-state index contributed by atoms with van der Waals surface area (Å²) >= 11 is 5.58. The predicted molar refractivity (Wildman–Crippen MR) is 104 cm³/mol. The quantitative estimate of drug-likeness (QED) is 0.548. The Balaban J connectivity index is 1.61. The molecule has 11 heteroatoms. The van der Waals surface area contributed by atoms with E-state index in [1.165, 1.54) is 30.3 Å². The Kier molecular flexibility index (Phi) is 6.30. The Hall–Kier alpha value is -3.40. The lowest BCUT2D eigenvalue weighted by Gasteiger charge is -2.15. The maximum atomic E-state index is 13.1. The van der Waals surface area contributed by atoms with Crippen LogP contribution in [0, 0.1) is 0 Å². The number of carbonyl (C=O) groups excluding carboxylic acids is 4. The molecule has 1 aliphatic rings. The van der Waals surface area contributed by atoms with Crippen LogP contribution in [0.2, 0.25) is 5.02 Å². The van der Waals surface area contributed by atoms with Gasteiger partial charge in [-0.1, -0.05) is 11.6 Å². The van der Waals surface area contributed by atoms with Crippen molar-refractivity contribution in [2.24, 2.45) is 0 Å². The highest BCUT2D eigenvalue weighted by Crippen LogP contribution is 2.36. The number of esters is 1. The van der Waals surface area contributed by atoms with Gasteiger partial charge in [0.25, 0.3) is 5.91 Å². The zero-order valence-corrected chi connectivity index (χ0v) is 16.4. The molecule has 0 atom stereocenters. The number of ether oxygens (including phenoxy) is 1. The van der Waals surface area contributed by atoms with Crippen molar-refractivity contribution in [3.8, 4) is 0 Å². The fourth-order valence-electron chi connectivity index (χ4n) is 2.87. The van der Waals surface area contributed by atoms with E-state index < -0.39 is 35.9 Å². The highest BCUT2D eigenvalue weighted by molar-refractivity contribution is 6.30. The van der Waals surface area contributed by atoms with Gasteiger partial charge in [0.15, 0.2) is 6.61 Å². The molecule has 1 heterocycles. The molecule has 2 aromatic rings. The van der Waals surface area contributed by atoms with Crippen molar-refractivity contribution >= 4 is 46.7 Å². The molecule has 31 heavy (non-hydrogen) atoms. The third-order valence-corrected chi connectivity index (χ3v) is 4.54. The normalized spacial score (nSPS) is 14.0. The molecule has 1 aliphatic heterocycles. The summed E-state index contributed by atoms with van der Waals surface area (Å²) in [5.41, 5.74) is -1.34. The molecule has 0 radical (unpaired) electrons. The van der Waals surface area contributed by atoms with E-state index in [9.17, 15) is 32.3 Å². The van der Waals surface area contributed by atoms with Crippen LogP contribution < -0.4 is 10.2 Å². The fraction of sp³-hybridized carbons (Fsp3) is 0.200. The Labute approximate surface area is 178 Å². The van der Waals surface area contributed by atoms with Gasteiger partial charge in [-0.25, -0.2) is 4.79 Å². The van der Waals surface area contributed by atoms with Crippen LogP contribution in [0.1, 0.15) is 28.8 Å². The summed E-state index contributed by atoms with van der Waals surface area (Å²) in [6.45, 7) is -0.830. The molecular formula is C20H14ClF3N2O5. The van der Waals surface area contributed by atoms with Gasteiger partial charge in [0.05, 0.1) is 22.5 Å². The molecule has 0 unspecified atom stereocenters. The average Bonchev–Trinajstić information content (AvgIpc) is 3.05. The molecule has 7 nitrogen and oxygen atoms in total. The number of nitrogens with one attached hydrogen (secondary N) is 1. The summed E-state index contributed by atoms with van der Waals surface area (Å²) in [7, 11) is 0. The van der Waals surface area contributed by atoms with E-state index in [4.69, 9.17) is 16.3 Å². The van der Waals surface area contributed by atoms with E-state index in [-0.39, 0.29) is 35.2 Å². The van der Waals surface area contributed by atoms with Crippen LogP contribution in [0.25, 0.3) is 0 Å². The molecule has 0 bridgehead atoms. The number of imide groups is 1. The SMILES string of the molecule is O=C(COC(=O)c1ccc(N2C(=O)CCC2=O)cc1)Nc1ccc(Cl)cc1C(F)(F)F. The van der Waals surface area contributed by atoms with Crippen molar-refractivity contribution < 1.29 is 37.1 Å². The predicted octanol–water partition coefficient (Wildman–Crippen LogP) is 3.81. The molecule has 0 spiro atoms. The van der Waals surface area contributed by atoms with Gasteiger partial charge in [-0.05, 0) is 42.5 Å². The van der Waals surface area contributed by atoms with E-state index in [0.717, 1.165) is 11.0 Å². The highest BCUT2D eigenvalue weighted by Gasteiger charge is 2.34. The lowest BCUT2D eigenvalue weighted by molar-refractivity contribution is -0.137. The number of rotatable bonds is 5. The highest BCUT2D eigenvalue weighted by atomic mass is 35.5. The van der Waals surface area contributed by atoms with Crippen molar-refractivity contribution in [3.63, 3.8) is 0 Å². The van der Waals surface area contributed by atoms with Crippen LogP contribution in [0.15, 0.2) is 42.5 Å². The van der Waals surface area contributed by atoms with Crippen molar-refractivity contribution in [1.82, 2.24) is 0 Å². The molecule has 1 saturated heterocycles. The third-order valence-electron chi connectivity index (χ3n) is 4.31. The van der Waals surface area contributed by atoms with E-state index in [0.29, 0.717) is 11.8 Å². The monoisotopic (exact) mass is 454 g/mol. The second-order valence-electron chi connectivity index (χ2n) is 6.48. The van der Waals surface area contributed by atoms with E-state index in [1.807, 2.05) is 5.32 Å². The molecule has 162 valence electrons. The Morgan fingerprint density at radius 1 is 1.03 bits per heavy atom. The number of nitrogens with zero attached hydrogens (tertiary/aromatic N) is 1. The van der Waals surface area contributed by atoms with Crippen molar-refractivity contribution in [3.05, 3.63) is 58.6 Å². The number of amides is 3. The summed E-state index contributed by atoms with van der Waals surface area (Å²) in [4.78, 5) is 48.5. The molecular weight excluding hydrogens is 441 g/mol. The first-order valence-electron chi connectivity index (χ1n) is 8.86. The number of anilines is 2. The maximum absolute atomic E-state index is 13.1. The second kappa shape index (κ2) is 8.76. The van der Waals surface area contributed by atoms with Gasteiger partial charge in [-0.3, -0.25) is 19.3 Å². The van der Waals surface area contributed by atoms with Crippen molar-refractivity contribution in [1.29, 1.82) is 0 Å². The first kappa shape index (κ1) is 22.3. The largest absolute Gasteiger partial charge is 0.452 e. The maximum Gasteiger partial charge on any atom is 0.418 e. The van der Waals surface area contributed by atoms with Crippen LogP contribution in [0.3, 0.4) is 0 Å². The summed E-state index contributed by atoms with van der Waals surface area (Å²) in [6, 6.07) is 8.19. The van der Waals surface area contributed by atoms with Crippen LogP contribution in [-0.2, 0) is 25.3 Å². The third kappa shape index (κ3) is 5.21. The average molecular weight is 455 g/mol. The minimum absolute atomic E-state index is 0.0260. The molecule has 0 saturated carbocycles. The van der Waals surface area contributed by atoms with Crippen molar-refractivity contribution in [2.45, 2.75) is 19.0 Å². The number of hydrogen-bond donors (Lipinski definition) is 1. The van der Waals surface area contributed by atoms with Gasteiger partial charge in [0.2, 0.25) is 11.8 Å². The lowest BCUT2D eigenvalue weighted by atomic mass is 10.1. The Morgan fingerprint density at radius 3 is 2.23 bits per heavy atom. The van der Waals surface area contributed by atoms with Crippen LogP contribution in [-0.4, -0.2) is 30.3 Å². The summed E-state index contributed by atoms with van der Waals surface area (Å²) in [5.74, 6) is -2.59. The van der Waals surface area contributed by atoms with Crippen LogP contribution >= 0.6 is 11.6 Å². The second-order valence-corrected chi connectivity index (χ2v) is 6.92. The van der Waals surface area contributed by atoms with Crippen LogP contribution in [0.4, 0.5) is 24.5 Å². The zero-order valence-electron chi connectivity index (χ0n) is 15.7. The topological polar surface area (TPSA) is 92.8 Å². The molecule has 3 amide bonds. The summed E-state index contributed by atoms with van der Waals surface area (Å²) in [6.07, 6.45) is -4.52. The van der Waals surface area contributed by atoms with E-state index in [1.54, 1.807) is 0 Å². The minimum atomic E-state index is -4.75. The number of carbonyl (C=O) groups is 4. The molecule has 1 N–H and O–H groups in total. The van der Waals surface area contributed by atoms with Gasteiger partial charge in [0.1, 0.15) is 0 Å². The summed E-state index contributed by atoms with van der Waals surface area (Å²) < 4.78 is 44.0. The fourth-order valence-corrected chi connectivity index (χ4v) is 3.04. The number of halogens is 4. The minimum Gasteiger partial charge on any atom is -0.452 e. The van der Waals surface area contributed by atoms with E-state index in [2.05, 4.69) is 0 Å². The van der Waals surface area contributed by atoms with Gasteiger partial charge in [-0.2, -0.15) is 13.2 Å². The number of alkyl halides is 3. The molecule has 0 aliphatic carbocycles. The Morgan fingerprint density at radius 2 is 1.65 bits per heavy atom. The van der Waals surface area contributed by atoms with Gasteiger partial charge in [0, 0.05) is 17.9 Å². The zero-order chi connectivity index (χ0) is 22.8. The lowest BCUT2D eigenvalue weighted by Crippen LogP contribution is -2.28. The standard InChI is InChI=1S/C20H14ClF3N2O5/c21-12-3-6-15(14(9-12)20(22,23)24)25-16(27)10-31-19(30)11-1-4-13(5-2-11)26-17(28)7-8-18(26)29/h1-6,9H,7-8,10H2,(H,25,27). The first-order chi connectivity index (χ1) is 14.6. The number of hydrogen-bond acceptors (Lipinski definition) is 5. The smallest absolute Gasteiger partial charge is 0.418 e. The van der Waals surface area contributed by atoms with Gasteiger partial charge < -0.3 is 10.1 Å². The molecule has 3 rings (SSSR count). The first-order valence-corrected chi connectivity index (χ1v) is 9.23. The van der Waals surface area contributed by atoms with Crippen molar-refractivity contribution in [2.75, 3.05) is 16.8 Å². The molecule has 0 aromatic heterocycles. The van der Waals surface area contributed by atoms with E-state index >= 15 is 0 Å².